The van der Waals surface area contributed by atoms with Crippen molar-refractivity contribution in [2.45, 2.75) is 57.4 Å². The summed E-state index contributed by atoms with van der Waals surface area (Å²) in [7, 11) is 1.26. The van der Waals surface area contributed by atoms with Crippen molar-refractivity contribution in [1.82, 2.24) is 4.90 Å². The predicted molar refractivity (Wildman–Crippen MR) is 155 cm³/mol. The van der Waals surface area contributed by atoms with E-state index in [4.69, 9.17) is 5.73 Å². The molecule has 0 fully saturated rings. The smallest absolute Gasteiger partial charge is 0.368 e. The molecule has 1 heterocycles. The highest BCUT2D eigenvalue weighted by Crippen LogP contribution is 2.44. The molecular weight excluding hydrogens is 641 g/mol. The summed E-state index contributed by atoms with van der Waals surface area (Å²) >= 11 is 0. The van der Waals surface area contributed by atoms with E-state index in [0.29, 0.717) is 35.2 Å². The summed E-state index contributed by atoms with van der Waals surface area (Å²) in [5, 5.41) is 20.0. The quantitative estimate of drug-likeness (QED) is 0.0936. The van der Waals surface area contributed by atoms with Gasteiger partial charge in [-0.15, -0.1) is 0 Å². The summed E-state index contributed by atoms with van der Waals surface area (Å²) < 4.78 is 125. The number of aryl methyl sites for hydroxylation is 1. The van der Waals surface area contributed by atoms with Crippen LogP contribution in [0.1, 0.15) is 63.4 Å². The average Bonchev–Trinajstić information content (AvgIpc) is 3.15. The van der Waals surface area contributed by atoms with Gasteiger partial charge in [0, 0.05) is 25.3 Å². The minimum absolute atomic E-state index is 0.00125. The minimum atomic E-state index is -5.11. The van der Waals surface area contributed by atoms with Gasteiger partial charge in [0.2, 0.25) is 5.96 Å². The molecule has 1 aliphatic rings. The summed E-state index contributed by atoms with van der Waals surface area (Å²) in [6.45, 7) is 0.949. The zero-order valence-corrected chi connectivity index (χ0v) is 25.0. The first-order valence-corrected chi connectivity index (χ1v) is 14.1. The lowest BCUT2D eigenvalue weighted by atomic mass is 9.94. The van der Waals surface area contributed by atoms with Gasteiger partial charge in [-0.2, -0.15) is 49.9 Å². The van der Waals surface area contributed by atoms with Gasteiger partial charge in [0.15, 0.2) is 0 Å². The number of benzene rings is 3. The Morgan fingerprint density at radius 3 is 2.17 bits per heavy atom. The topological polar surface area (TPSA) is 93.4 Å². The Hall–Kier alpha value is -4.81. The van der Waals surface area contributed by atoms with Crippen LogP contribution >= 0.6 is 0 Å². The first kappa shape index (κ1) is 35.1. The maximum absolute atomic E-state index is 14.1. The molecule has 3 aromatic rings. The first-order valence-electron chi connectivity index (χ1n) is 14.1. The van der Waals surface area contributed by atoms with Crippen LogP contribution in [0.2, 0.25) is 0 Å². The number of nitrogens with zero attached hydrogens (tertiary/aromatic N) is 6. The number of guanidine groups is 1. The summed E-state index contributed by atoms with van der Waals surface area (Å²) in [5.74, 6) is -0.426. The standard InChI is InChI=1S/C31H28F9N7/c1-18-9-24-26(7-4-8-46(27(24)14-25(18)31(38,39)40)16-20-6-3-5-19(10-20)15-41)47(28(42)44-45-43-2)17-21-11-22(29(32,33)34)13-23(12-21)30(35,36)37/h3,5-6,9-14,26H,4,7-8,16-17H2,1-2H3,(H2,42,43,44)/t26-/m0/s1. The summed E-state index contributed by atoms with van der Waals surface area (Å²) in [4.78, 5) is 2.90. The van der Waals surface area contributed by atoms with Gasteiger partial charge in [0.25, 0.3) is 0 Å². The molecule has 0 bridgehead atoms. The van der Waals surface area contributed by atoms with Gasteiger partial charge in [-0.1, -0.05) is 23.3 Å². The maximum Gasteiger partial charge on any atom is 0.416 e. The molecular formula is C31H28F9N7. The van der Waals surface area contributed by atoms with Gasteiger partial charge in [0.05, 0.1) is 41.4 Å². The maximum atomic E-state index is 14.1. The molecule has 4 rings (SSSR count). The van der Waals surface area contributed by atoms with Gasteiger partial charge < -0.3 is 15.5 Å². The molecule has 1 aliphatic heterocycles. The molecule has 250 valence electrons. The van der Waals surface area contributed by atoms with Crippen molar-refractivity contribution in [3.8, 4) is 6.07 Å². The van der Waals surface area contributed by atoms with Gasteiger partial charge in [-0.3, -0.25) is 0 Å². The minimum Gasteiger partial charge on any atom is -0.368 e. The Morgan fingerprint density at radius 2 is 1.60 bits per heavy atom. The van der Waals surface area contributed by atoms with E-state index in [2.05, 4.69) is 15.4 Å². The molecule has 0 spiro atoms. The second-order valence-corrected chi connectivity index (χ2v) is 10.9. The molecule has 0 aliphatic carbocycles. The summed E-state index contributed by atoms with van der Waals surface area (Å²) in [6, 6.07) is 11.0. The molecule has 0 radical (unpaired) electrons. The number of rotatable bonds is 6. The molecule has 3 aromatic carbocycles. The molecule has 7 nitrogen and oxygen atoms in total. The van der Waals surface area contributed by atoms with Crippen molar-refractivity contribution in [1.29, 1.82) is 5.26 Å². The summed E-state index contributed by atoms with van der Waals surface area (Å²) in [6.07, 6.45) is -14.5. The van der Waals surface area contributed by atoms with E-state index in [1.54, 1.807) is 29.2 Å². The molecule has 0 saturated heterocycles. The highest BCUT2D eigenvalue weighted by molar-refractivity contribution is 5.79. The lowest BCUT2D eigenvalue weighted by Crippen LogP contribution is -2.40. The normalized spacial score (nSPS) is 16.2. The van der Waals surface area contributed by atoms with Crippen molar-refractivity contribution < 1.29 is 39.5 Å². The van der Waals surface area contributed by atoms with Crippen LogP contribution in [0.15, 0.2) is 70.0 Å². The molecule has 2 N–H and O–H groups in total. The Kier molecular flexibility index (Phi) is 10.1. The third-order valence-electron chi connectivity index (χ3n) is 7.62. The van der Waals surface area contributed by atoms with Crippen LogP contribution < -0.4 is 10.6 Å². The number of hydrogen-bond donors (Lipinski definition) is 1. The van der Waals surface area contributed by atoms with Crippen LogP contribution in [0.25, 0.3) is 0 Å². The van der Waals surface area contributed by atoms with Crippen LogP contribution in [-0.4, -0.2) is 24.5 Å². The Labute approximate surface area is 263 Å². The Bertz CT molecular complexity index is 1670. The van der Waals surface area contributed by atoms with Crippen LogP contribution in [0.5, 0.6) is 0 Å². The number of fused-ring (bicyclic) bond motifs is 1. The highest BCUT2D eigenvalue weighted by atomic mass is 19.4. The fourth-order valence-corrected chi connectivity index (χ4v) is 5.57. The second kappa shape index (κ2) is 13.5. The average molecular weight is 670 g/mol. The van der Waals surface area contributed by atoms with E-state index in [9.17, 15) is 44.8 Å². The lowest BCUT2D eigenvalue weighted by Gasteiger charge is -2.34. The van der Waals surface area contributed by atoms with Crippen molar-refractivity contribution in [3.63, 3.8) is 0 Å². The lowest BCUT2D eigenvalue weighted by molar-refractivity contribution is -0.143. The van der Waals surface area contributed by atoms with Gasteiger partial charge in [-0.05, 0) is 83.6 Å². The number of nitrogens with two attached hydrogens (primary N) is 1. The number of halogens is 9. The molecule has 16 heteroatoms. The number of alkyl halides is 9. The van der Waals surface area contributed by atoms with Crippen LogP contribution in [0, 0.1) is 18.3 Å². The number of nitriles is 1. The number of hydrogen-bond acceptors (Lipinski definition) is 4. The fourth-order valence-electron chi connectivity index (χ4n) is 5.57. The van der Waals surface area contributed by atoms with E-state index >= 15 is 0 Å². The van der Waals surface area contributed by atoms with Gasteiger partial charge in [-0.25, -0.2) is 0 Å². The van der Waals surface area contributed by atoms with E-state index in [1.807, 2.05) is 6.07 Å². The predicted octanol–water partition coefficient (Wildman–Crippen LogP) is 8.58. The zero-order valence-electron chi connectivity index (χ0n) is 25.0. The molecule has 47 heavy (non-hydrogen) atoms. The molecule has 0 unspecified atom stereocenters. The summed E-state index contributed by atoms with van der Waals surface area (Å²) in [5.41, 5.74) is 3.04. The van der Waals surface area contributed by atoms with Crippen LogP contribution in [0.4, 0.5) is 45.2 Å². The Morgan fingerprint density at radius 1 is 0.936 bits per heavy atom. The van der Waals surface area contributed by atoms with Crippen molar-refractivity contribution in [3.05, 3.63) is 99.1 Å². The highest BCUT2D eigenvalue weighted by Gasteiger charge is 2.39. The van der Waals surface area contributed by atoms with Crippen molar-refractivity contribution >= 4 is 11.6 Å². The van der Waals surface area contributed by atoms with Crippen LogP contribution in [0.3, 0.4) is 0 Å². The third kappa shape index (κ3) is 8.32. The van der Waals surface area contributed by atoms with Crippen molar-refractivity contribution in [2.75, 3.05) is 18.5 Å². The zero-order chi connectivity index (χ0) is 34.7. The molecule has 0 saturated carbocycles. The van der Waals surface area contributed by atoms with E-state index in [1.165, 1.54) is 24.9 Å². The molecule has 1 atom stereocenters. The van der Waals surface area contributed by atoms with E-state index in [0.717, 1.165) is 6.07 Å². The third-order valence-corrected chi connectivity index (χ3v) is 7.62. The van der Waals surface area contributed by atoms with Crippen LogP contribution in [-0.2, 0) is 31.6 Å². The largest absolute Gasteiger partial charge is 0.416 e. The monoisotopic (exact) mass is 669 g/mol. The fraction of sp³-hybridized carbons (Fsp3) is 0.355. The first-order chi connectivity index (χ1) is 21.9. The van der Waals surface area contributed by atoms with Crippen molar-refractivity contribution in [2.24, 2.45) is 21.2 Å². The Balaban J connectivity index is 1.91. The number of anilines is 1. The molecule has 0 aromatic heterocycles. The van der Waals surface area contributed by atoms with Gasteiger partial charge in [0.1, 0.15) is 0 Å². The van der Waals surface area contributed by atoms with Gasteiger partial charge >= 0.3 is 18.5 Å². The second-order valence-electron chi connectivity index (χ2n) is 10.9. The SMILES string of the molecule is CN=NN=C(N)N(Cc1cc(C(F)(F)F)cc(C(F)(F)F)c1)[C@H]1CCCN(Cc2cccc(C#N)c2)c2cc(C(F)(F)F)c(C)cc21. The molecule has 0 amide bonds. The van der Waals surface area contributed by atoms with E-state index < -0.39 is 59.3 Å². The van der Waals surface area contributed by atoms with E-state index in [-0.39, 0.29) is 36.8 Å².